The normalized spacial score (nSPS) is 14.0. The predicted octanol–water partition coefficient (Wildman–Crippen LogP) is 2.36. The molecule has 78 valence electrons. The van der Waals surface area contributed by atoms with E-state index in [1.807, 2.05) is 18.2 Å². The van der Waals surface area contributed by atoms with Crippen molar-refractivity contribution < 1.29 is 14.9 Å². The molecule has 0 atom stereocenters. The summed E-state index contributed by atoms with van der Waals surface area (Å²) >= 11 is 0. The number of benzene rings is 1. The second-order valence-corrected chi connectivity index (χ2v) is 3.37. The van der Waals surface area contributed by atoms with E-state index in [4.69, 9.17) is 4.74 Å². The second-order valence-electron chi connectivity index (χ2n) is 3.37. The molecule has 2 N–H and O–H groups in total. The van der Waals surface area contributed by atoms with Gasteiger partial charge in [0.15, 0.2) is 11.5 Å². The van der Waals surface area contributed by atoms with Crippen molar-refractivity contribution in [2.45, 2.75) is 6.42 Å². The van der Waals surface area contributed by atoms with Crippen LogP contribution >= 0.6 is 0 Å². The molecule has 0 radical (unpaired) electrons. The monoisotopic (exact) mass is 204 g/mol. The molecule has 1 aliphatic carbocycles. The number of phenolic OH excluding ortho intramolecular Hbond substituents is 2. The molecule has 3 nitrogen and oxygen atoms in total. The first-order valence-electron chi connectivity index (χ1n) is 4.75. The van der Waals surface area contributed by atoms with Gasteiger partial charge >= 0.3 is 0 Å². The molecule has 1 aromatic carbocycles. The van der Waals surface area contributed by atoms with Crippen molar-refractivity contribution in [2.24, 2.45) is 0 Å². The van der Waals surface area contributed by atoms with Gasteiger partial charge in [-0.25, -0.2) is 0 Å². The van der Waals surface area contributed by atoms with Gasteiger partial charge in [0.25, 0.3) is 0 Å². The minimum Gasteiger partial charge on any atom is -0.504 e. The minimum absolute atomic E-state index is 0.161. The second kappa shape index (κ2) is 4.09. The topological polar surface area (TPSA) is 49.7 Å². The summed E-state index contributed by atoms with van der Waals surface area (Å²) in [5.41, 5.74) is 1.15. The summed E-state index contributed by atoms with van der Waals surface area (Å²) in [6.45, 7) is 0.435. The van der Waals surface area contributed by atoms with Crippen LogP contribution in [0.15, 0.2) is 42.0 Å². The van der Waals surface area contributed by atoms with E-state index >= 15 is 0 Å². The number of hydrogen-bond donors (Lipinski definition) is 2. The fraction of sp³-hybridized carbons (Fsp3) is 0.167. The van der Waals surface area contributed by atoms with Crippen molar-refractivity contribution >= 4 is 0 Å². The van der Waals surface area contributed by atoms with Crippen molar-refractivity contribution in [2.75, 3.05) is 6.61 Å². The lowest BCUT2D eigenvalue weighted by Gasteiger charge is -2.09. The summed E-state index contributed by atoms with van der Waals surface area (Å²) in [6.07, 6.45) is 6.89. The Morgan fingerprint density at radius 1 is 1.27 bits per heavy atom. The van der Waals surface area contributed by atoms with Gasteiger partial charge in [-0.05, 0) is 24.1 Å². The summed E-state index contributed by atoms with van der Waals surface area (Å²) < 4.78 is 5.38. The van der Waals surface area contributed by atoms with Gasteiger partial charge in [0.2, 0.25) is 5.75 Å². The zero-order chi connectivity index (χ0) is 10.7. The summed E-state index contributed by atoms with van der Waals surface area (Å²) in [4.78, 5) is 0. The first-order chi connectivity index (χ1) is 7.27. The van der Waals surface area contributed by atoms with Crippen LogP contribution in [0, 0.1) is 0 Å². The number of rotatable bonds is 3. The molecule has 0 unspecified atom stereocenters. The maximum atomic E-state index is 9.46. The number of allylic oxidation sites excluding steroid dienone is 3. The summed E-state index contributed by atoms with van der Waals surface area (Å²) in [5, 5.41) is 18.7. The molecule has 0 amide bonds. The summed E-state index contributed by atoms with van der Waals surface area (Å²) in [7, 11) is 0. The average Bonchev–Trinajstić information content (AvgIpc) is 2.73. The fourth-order valence-corrected chi connectivity index (χ4v) is 1.40. The lowest BCUT2D eigenvalue weighted by molar-refractivity contribution is 0.316. The molecule has 0 saturated carbocycles. The minimum atomic E-state index is -0.205. The van der Waals surface area contributed by atoms with Crippen molar-refractivity contribution in [3.63, 3.8) is 0 Å². The molecule has 3 heteroatoms. The Balaban J connectivity index is 2.02. The van der Waals surface area contributed by atoms with Gasteiger partial charge in [0.1, 0.15) is 6.61 Å². The van der Waals surface area contributed by atoms with Crippen LogP contribution < -0.4 is 4.74 Å². The van der Waals surface area contributed by atoms with Crippen LogP contribution in [0.5, 0.6) is 17.2 Å². The number of phenols is 2. The Morgan fingerprint density at radius 2 is 2.13 bits per heavy atom. The lowest BCUT2D eigenvalue weighted by Crippen LogP contribution is -1.99. The smallest absolute Gasteiger partial charge is 0.200 e. The van der Waals surface area contributed by atoms with E-state index in [9.17, 15) is 10.2 Å². The third-order valence-electron chi connectivity index (χ3n) is 2.24. The third kappa shape index (κ3) is 2.13. The number of ether oxygens (including phenoxy) is 1. The molecule has 0 heterocycles. The van der Waals surface area contributed by atoms with E-state index in [1.54, 1.807) is 12.1 Å². The molecule has 15 heavy (non-hydrogen) atoms. The molecule has 0 aliphatic heterocycles. The zero-order valence-electron chi connectivity index (χ0n) is 8.18. The molecule has 2 rings (SSSR count). The van der Waals surface area contributed by atoms with Gasteiger partial charge in [0.05, 0.1) is 0 Å². The highest BCUT2D eigenvalue weighted by atomic mass is 16.5. The number of aromatic hydroxyl groups is 2. The Hall–Kier alpha value is -1.90. The van der Waals surface area contributed by atoms with Crippen LogP contribution in [-0.2, 0) is 0 Å². The highest BCUT2D eigenvalue weighted by Crippen LogP contribution is 2.34. The SMILES string of the molecule is Oc1cccc(OCC2=CC=CC2)c1O. The summed E-state index contributed by atoms with van der Waals surface area (Å²) in [5.74, 6) is -0.0575. The van der Waals surface area contributed by atoms with Gasteiger partial charge in [-0.3, -0.25) is 0 Å². The Labute approximate surface area is 87.9 Å². The lowest BCUT2D eigenvalue weighted by atomic mass is 10.2. The highest BCUT2D eigenvalue weighted by molar-refractivity contribution is 5.49. The Kier molecular flexibility index (Phi) is 2.63. The number of para-hydroxylation sites is 1. The zero-order valence-corrected chi connectivity index (χ0v) is 8.18. The van der Waals surface area contributed by atoms with Gasteiger partial charge < -0.3 is 14.9 Å². The van der Waals surface area contributed by atoms with E-state index in [2.05, 4.69) is 0 Å². The van der Waals surface area contributed by atoms with Crippen molar-refractivity contribution in [1.82, 2.24) is 0 Å². The molecule has 0 aromatic heterocycles. The van der Waals surface area contributed by atoms with E-state index in [0.29, 0.717) is 12.4 Å². The molecule has 0 bridgehead atoms. The highest BCUT2D eigenvalue weighted by Gasteiger charge is 2.07. The Bertz CT molecular complexity index is 419. The molecule has 1 aliphatic rings. The third-order valence-corrected chi connectivity index (χ3v) is 2.24. The predicted molar refractivity (Wildman–Crippen MR) is 57.1 cm³/mol. The van der Waals surface area contributed by atoms with Gasteiger partial charge in [-0.15, -0.1) is 0 Å². The average molecular weight is 204 g/mol. The van der Waals surface area contributed by atoms with Gasteiger partial charge in [-0.1, -0.05) is 24.3 Å². The standard InChI is InChI=1S/C12H12O3/c13-10-6-3-7-11(12(10)14)15-8-9-4-1-2-5-9/h1-4,6-7,13-14H,5,8H2. The maximum absolute atomic E-state index is 9.46. The molecule has 0 fully saturated rings. The van der Waals surface area contributed by atoms with Crippen LogP contribution in [0.25, 0.3) is 0 Å². The van der Waals surface area contributed by atoms with Crippen molar-refractivity contribution in [3.8, 4) is 17.2 Å². The van der Waals surface area contributed by atoms with Crippen LogP contribution in [-0.4, -0.2) is 16.8 Å². The van der Waals surface area contributed by atoms with E-state index < -0.39 is 0 Å². The first kappa shape index (κ1) is 9.65. The molecular weight excluding hydrogens is 192 g/mol. The van der Waals surface area contributed by atoms with Gasteiger partial charge in [-0.2, -0.15) is 0 Å². The van der Waals surface area contributed by atoms with E-state index in [1.165, 1.54) is 6.07 Å². The van der Waals surface area contributed by atoms with Crippen LogP contribution in [0.1, 0.15) is 6.42 Å². The maximum Gasteiger partial charge on any atom is 0.200 e. The molecule has 0 saturated heterocycles. The Morgan fingerprint density at radius 3 is 2.87 bits per heavy atom. The number of hydrogen-bond acceptors (Lipinski definition) is 3. The summed E-state index contributed by atoms with van der Waals surface area (Å²) in [6, 6.07) is 4.67. The molecule has 1 aromatic rings. The van der Waals surface area contributed by atoms with E-state index in [0.717, 1.165) is 12.0 Å². The molecular formula is C12H12O3. The quantitative estimate of drug-likeness (QED) is 0.743. The van der Waals surface area contributed by atoms with Crippen molar-refractivity contribution in [3.05, 3.63) is 42.0 Å². The van der Waals surface area contributed by atoms with Crippen LogP contribution in [0.4, 0.5) is 0 Å². The van der Waals surface area contributed by atoms with Crippen LogP contribution in [0.3, 0.4) is 0 Å². The first-order valence-corrected chi connectivity index (χ1v) is 4.75. The molecule has 0 spiro atoms. The fourth-order valence-electron chi connectivity index (χ4n) is 1.40. The van der Waals surface area contributed by atoms with E-state index in [-0.39, 0.29) is 11.5 Å². The largest absolute Gasteiger partial charge is 0.504 e. The van der Waals surface area contributed by atoms with Crippen LogP contribution in [0.2, 0.25) is 0 Å². The van der Waals surface area contributed by atoms with Crippen molar-refractivity contribution in [1.29, 1.82) is 0 Å². The van der Waals surface area contributed by atoms with Gasteiger partial charge in [0, 0.05) is 0 Å².